The number of halogens is 1. The molecule has 0 aromatic heterocycles. The summed E-state index contributed by atoms with van der Waals surface area (Å²) in [5.74, 6) is -1.54. The molecule has 0 radical (unpaired) electrons. The molecule has 152 valence electrons. The molecular formula is C21H22FN3O4. The van der Waals surface area contributed by atoms with Crippen LogP contribution in [0, 0.1) is 5.82 Å². The van der Waals surface area contributed by atoms with Gasteiger partial charge in [0.1, 0.15) is 0 Å². The third-order valence-electron chi connectivity index (χ3n) is 4.52. The lowest BCUT2D eigenvalue weighted by molar-refractivity contribution is -0.132. The number of hydrogen-bond acceptors (Lipinski definition) is 4. The van der Waals surface area contributed by atoms with Crippen LogP contribution in [0.3, 0.4) is 0 Å². The van der Waals surface area contributed by atoms with Crippen LogP contribution in [0.5, 0.6) is 5.75 Å². The maximum Gasteiger partial charge on any atom is 0.279 e. The average molecular weight is 399 g/mol. The van der Waals surface area contributed by atoms with Crippen LogP contribution in [0.1, 0.15) is 25.3 Å². The van der Waals surface area contributed by atoms with E-state index < -0.39 is 23.7 Å². The Hall–Kier alpha value is -3.42. The predicted octanol–water partition coefficient (Wildman–Crippen LogP) is 2.11. The van der Waals surface area contributed by atoms with Gasteiger partial charge in [0.05, 0.1) is 6.42 Å². The standard InChI is InChI=1S/C21H22FN3O4/c1-14(29-18-6-3-2-5-17(18)22)21(28)24-23-19(26)13-15-8-10-16(11-9-15)25-12-4-7-20(25)27/h2-3,5-6,8-11,14H,4,7,12-13H2,1H3,(H,23,26)(H,24,28). The summed E-state index contributed by atoms with van der Waals surface area (Å²) in [5, 5.41) is 0. The highest BCUT2D eigenvalue weighted by atomic mass is 19.1. The predicted molar refractivity (Wildman–Crippen MR) is 105 cm³/mol. The van der Waals surface area contributed by atoms with E-state index >= 15 is 0 Å². The van der Waals surface area contributed by atoms with Gasteiger partial charge in [-0.2, -0.15) is 0 Å². The number of anilines is 1. The highest BCUT2D eigenvalue weighted by Crippen LogP contribution is 2.21. The fourth-order valence-corrected chi connectivity index (χ4v) is 2.96. The number of carbonyl (C=O) groups is 3. The summed E-state index contributed by atoms with van der Waals surface area (Å²) in [6.07, 6.45) is 0.464. The minimum atomic E-state index is -0.996. The molecule has 2 aromatic rings. The first-order valence-electron chi connectivity index (χ1n) is 9.33. The third kappa shape index (κ3) is 5.31. The van der Waals surface area contributed by atoms with Gasteiger partial charge in [-0.05, 0) is 43.2 Å². The Labute approximate surface area is 167 Å². The number of para-hydroxylation sites is 1. The van der Waals surface area contributed by atoms with E-state index in [2.05, 4.69) is 10.9 Å². The van der Waals surface area contributed by atoms with Crippen LogP contribution in [0.4, 0.5) is 10.1 Å². The van der Waals surface area contributed by atoms with Gasteiger partial charge in [0.25, 0.3) is 5.91 Å². The molecule has 8 heteroatoms. The lowest BCUT2D eigenvalue weighted by atomic mass is 10.1. The van der Waals surface area contributed by atoms with Crippen LogP contribution in [-0.4, -0.2) is 30.4 Å². The van der Waals surface area contributed by atoms with E-state index in [4.69, 9.17) is 4.74 Å². The van der Waals surface area contributed by atoms with Crippen molar-refractivity contribution in [2.75, 3.05) is 11.4 Å². The number of nitrogens with one attached hydrogen (secondary N) is 2. The Morgan fingerprint density at radius 3 is 2.52 bits per heavy atom. The molecule has 1 fully saturated rings. The fraction of sp³-hybridized carbons (Fsp3) is 0.286. The second-order valence-corrected chi connectivity index (χ2v) is 6.72. The van der Waals surface area contributed by atoms with E-state index in [1.807, 2.05) is 0 Å². The monoisotopic (exact) mass is 399 g/mol. The summed E-state index contributed by atoms with van der Waals surface area (Å²) >= 11 is 0. The van der Waals surface area contributed by atoms with Crippen molar-refractivity contribution in [3.63, 3.8) is 0 Å². The molecule has 3 amide bonds. The molecule has 2 aromatic carbocycles. The Bertz CT molecular complexity index is 901. The van der Waals surface area contributed by atoms with Gasteiger partial charge in [-0.1, -0.05) is 24.3 Å². The molecule has 0 bridgehead atoms. The molecule has 7 nitrogen and oxygen atoms in total. The van der Waals surface area contributed by atoms with Crippen molar-refractivity contribution < 1.29 is 23.5 Å². The number of hydrogen-bond donors (Lipinski definition) is 2. The van der Waals surface area contributed by atoms with Crippen molar-refractivity contribution in [3.05, 3.63) is 59.9 Å². The third-order valence-corrected chi connectivity index (χ3v) is 4.52. The molecule has 1 aliphatic rings. The number of ether oxygens (including phenoxy) is 1. The van der Waals surface area contributed by atoms with E-state index in [0.29, 0.717) is 13.0 Å². The van der Waals surface area contributed by atoms with E-state index in [1.165, 1.54) is 25.1 Å². The SMILES string of the molecule is CC(Oc1ccccc1F)C(=O)NNC(=O)Cc1ccc(N2CCCC2=O)cc1. The van der Waals surface area contributed by atoms with Crippen LogP contribution in [0.2, 0.25) is 0 Å². The Morgan fingerprint density at radius 2 is 1.86 bits per heavy atom. The molecule has 0 saturated carbocycles. The molecule has 1 aliphatic heterocycles. The molecular weight excluding hydrogens is 377 g/mol. The number of nitrogens with zero attached hydrogens (tertiary/aromatic N) is 1. The van der Waals surface area contributed by atoms with Gasteiger partial charge in [0, 0.05) is 18.7 Å². The molecule has 2 N–H and O–H groups in total. The van der Waals surface area contributed by atoms with Crippen LogP contribution >= 0.6 is 0 Å². The average Bonchev–Trinajstić information content (AvgIpc) is 3.14. The van der Waals surface area contributed by atoms with Crippen molar-refractivity contribution >= 4 is 23.4 Å². The van der Waals surface area contributed by atoms with Crippen molar-refractivity contribution in [2.24, 2.45) is 0 Å². The van der Waals surface area contributed by atoms with Crippen molar-refractivity contribution in [3.8, 4) is 5.75 Å². The minimum absolute atomic E-state index is 0.0435. The smallest absolute Gasteiger partial charge is 0.279 e. The highest BCUT2D eigenvalue weighted by molar-refractivity contribution is 5.95. The summed E-state index contributed by atoms with van der Waals surface area (Å²) in [6.45, 7) is 2.16. The molecule has 29 heavy (non-hydrogen) atoms. The minimum Gasteiger partial charge on any atom is -0.478 e. The normalized spacial score (nSPS) is 14.4. The van der Waals surface area contributed by atoms with Crippen molar-refractivity contribution in [1.82, 2.24) is 10.9 Å². The maximum absolute atomic E-state index is 13.6. The fourth-order valence-electron chi connectivity index (χ4n) is 2.96. The zero-order valence-electron chi connectivity index (χ0n) is 16.0. The van der Waals surface area contributed by atoms with E-state index in [-0.39, 0.29) is 18.1 Å². The Morgan fingerprint density at radius 1 is 1.14 bits per heavy atom. The van der Waals surface area contributed by atoms with E-state index in [1.54, 1.807) is 35.2 Å². The summed E-state index contributed by atoms with van der Waals surface area (Å²) in [4.78, 5) is 37.6. The number of amides is 3. The van der Waals surface area contributed by atoms with E-state index in [0.717, 1.165) is 17.7 Å². The summed E-state index contributed by atoms with van der Waals surface area (Å²) < 4.78 is 18.8. The number of hydrazine groups is 1. The highest BCUT2D eigenvalue weighted by Gasteiger charge is 2.21. The number of benzene rings is 2. The van der Waals surface area contributed by atoms with Crippen molar-refractivity contribution in [1.29, 1.82) is 0 Å². The molecule has 1 unspecified atom stereocenters. The Kier molecular flexibility index (Phi) is 6.43. The lowest BCUT2D eigenvalue weighted by Gasteiger charge is -2.16. The first-order chi connectivity index (χ1) is 13.9. The second-order valence-electron chi connectivity index (χ2n) is 6.72. The molecule has 1 atom stereocenters. The molecule has 1 heterocycles. The van der Waals surface area contributed by atoms with Crippen LogP contribution in [-0.2, 0) is 20.8 Å². The zero-order chi connectivity index (χ0) is 20.8. The second kappa shape index (κ2) is 9.18. The van der Waals surface area contributed by atoms with Gasteiger partial charge < -0.3 is 9.64 Å². The summed E-state index contributed by atoms with van der Waals surface area (Å²) in [6, 6.07) is 12.9. The summed E-state index contributed by atoms with van der Waals surface area (Å²) in [5.41, 5.74) is 6.13. The van der Waals surface area contributed by atoms with Gasteiger partial charge in [0.2, 0.25) is 11.8 Å². The van der Waals surface area contributed by atoms with Gasteiger partial charge in [-0.15, -0.1) is 0 Å². The van der Waals surface area contributed by atoms with Crippen LogP contribution in [0.15, 0.2) is 48.5 Å². The topological polar surface area (TPSA) is 87.7 Å². The summed E-state index contributed by atoms with van der Waals surface area (Å²) in [7, 11) is 0. The van der Waals surface area contributed by atoms with Crippen LogP contribution < -0.4 is 20.5 Å². The largest absolute Gasteiger partial charge is 0.478 e. The first kappa shape index (κ1) is 20.3. The molecule has 0 aliphatic carbocycles. The first-order valence-corrected chi connectivity index (χ1v) is 9.33. The van der Waals surface area contributed by atoms with Crippen LogP contribution in [0.25, 0.3) is 0 Å². The molecule has 1 saturated heterocycles. The zero-order valence-corrected chi connectivity index (χ0v) is 16.0. The molecule has 0 spiro atoms. The van der Waals surface area contributed by atoms with Crippen molar-refractivity contribution in [2.45, 2.75) is 32.3 Å². The van der Waals surface area contributed by atoms with Gasteiger partial charge in [0.15, 0.2) is 17.7 Å². The lowest BCUT2D eigenvalue weighted by Crippen LogP contribution is -2.47. The molecule has 3 rings (SSSR count). The van der Waals surface area contributed by atoms with Gasteiger partial charge in [-0.3, -0.25) is 25.2 Å². The number of carbonyl (C=O) groups excluding carboxylic acids is 3. The Balaban J connectivity index is 1.46. The quantitative estimate of drug-likeness (QED) is 0.729. The van der Waals surface area contributed by atoms with E-state index in [9.17, 15) is 18.8 Å². The van der Waals surface area contributed by atoms with Gasteiger partial charge >= 0.3 is 0 Å². The maximum atomic E-state index is 13.6. The van der Waals surface area contributed by atoms with Gasteiger partial charge in [-0.25, -0.2) is 4.39 Å². The number of rotatable bonds is 6.